The van der Waals surface area contributed by atoms with Gasteiger partial charge >= 0.3 is 5.97 Å². The lowest BCUT2D eigenvalue weighted by molar-refractivity contribution is -0.146. The van der Waals surface area contributed by atoms with Crippen molar-refractivity contribution in [3.8, 4) is 0 Å². The normalized spacial score (nSPS) is 13.9. The molecule has 0 aliphatic carbocycles. The molecule has 0 aromatic heterocycles. The fourth-order valence-electron chi connectivity index (χ4n) is 1.95. The molecule has 1 aromatic carbocycles. The number of halogens is 1. The Kier molecular flexibility index (Phi) is 6.89. The first-order valence-electron chi connectivity index (χ1n) is 6.76. The van der Waals surface area contributed by atoms with E-state index < -0.39 is 0 Å². The third-order valence-corrected chi connectivity index (χ3v) is 3.22. The summed E-state index contributed by atoms with van der Waals surface area (Å²) in [6.07, 6.45) is 1.71. The van der Waals surface area contributed by atoms with Crippen LogP contribution in [0.1, 0.15) is 45.2 Å². The number of carbonyl (C=O) groups is 1. The topological polar surface area (TPSA) is 38.3 Å². The second-order valence-electron chi connectivity index (χ2n) is 4.53. The van der Waals surface area contributed by atoms with Crippen LogP contribution in [0.3, 0.4) is 0 Å². The highest BCUT2D eigenvalue weighted by atomic mass is 35.5. The van der Waals surface area contributed by atoms with E-state index in [0.717, 1.165) is 18.4 Å². The quantitative estimate of drug-likeness (QED) is 0.775. The molecule has 0 heterocycles. The van der Waals surface area contributed by atoms with Crippen molar-refractivity contribution < 1.29 is 9.53 Å². The predicted molar refractivity (Wildman–Crippen MR) is 78.3 cm³/mol. The maximum absolute atomic E-state index is 11.8. The van der Waals surface area contributed by atoms with Crippen molar-refractivity contribution in [3.63, 3.8) is 0 Å². The standard InChI is InChI=1S/C15H22ClNO2/c1-4-6-14(15(18)19-5-2)17-11(3)12-7-9-13(16)10-8-12/h7-11,14,17H,4-6H2,1-3H3/t11-,14?/m1/s1. The van der Waals surface area contributed by atoms with Gasteiger partial charge in [-0.1, -0.05) is 37.1 Å². The van der Waals surface area contributed by atoms with Gasteiger partial charge in [-0.3, -0.25) is 10.1 Å². The van der Waals surface area contributed by atoms with Gasteiger partial charge in [0.2, 0.25) is 0 Å². The van der Waals surface area contributed by atoms with Crippen molar-refractivity contribution in [1.29, 1.82) is 0 Å². The third kappa shape index (κ3) is 5.21. The maximum Gasteiger partial charge on any atom is 0.323 e. The number of ether oxygens (including phenoxy) is 1. The van der Waals surface area contributed by atoms with Gasteiger partial charge in [-0.2, -0.15) is 0 Å². The second kappa shape index (κ2) is 8.18. The molecule has 19 heavy (non-hydrogen) atoms. The van der Waals surface area contributed by atoms with Crippen LogP contribution in [0.15, 0.2) is 24.3 Å². The van der Waals surface area contributed by atoms with E-state index >= 15 is 0 Å². The molecule has 0 radical (unpaired) electrons. The number of benzene rings is 1. The van der Waals surface area contributed by atoms with E-state index in [-0.39, 0.29) is 18.1 Å². The summed E-state index contributed by atoms with van der Waals surface area (Å²) in [7, 11) is 0. The highest BCUT2D eigenvalue weighted by Gasteiger charge is 2.21. The summed E-state index contributed by atoms with van der Waals surface area (Å²) in [5.41, 5.74) is 1.11. The predicted octanol–water partition coefficient (Wildman–Crippen LogP) is 3.72. The summed E-state index contributed by atoms with van der Waals surface area (Å²) >= 11 is 5.87. The minimum Gasteiger partial charge on any atom is -0.465 e. The van der Waals surface area contributed by atoms with Crippen LogP contribution < -0.4 is 5.32 Å². The minimum absolute atomic E-state index is 0.0817. The fraction of sp³-hybridized carbons (Fsp3) is 0.533. The Morgan fingerprint density at radius 3 is 2.47 bits per heavy atom. The molecule has 0 fully saturated rings. The minimum atomic E-state index is -0.254. The highest BCUT2D eigenvalue weighted by Crippen LogP contribution is 2.17. The van der Waals surface area contributed by atoms with E-state index in [1.165, 1.54) is 0 Å². The summed E-state index contributed by atoms with van der Waals surface area (Å²) in [5.74, 6) is -0.176. The van der Waals surface area contributed by atoms with E-state index in [9.17, 15) is 4.79 Å². The molecule has 0 aliphatic rings. The summed E-state index contributed by atoms with van der Waals surface area (Å²) in [6, 6.07) is 7.47. The molecule has 0 amide bonds. The van der Waals surface area contributed by atoms with E-state index in [2.05, 4.69) is 12.2 Å². The lowest BCUT2D eigenvalue weighted by Gasteiger charge is -2.22. The number of carbonyl (C=O) groups excluding carboxylic acids is 1. The van der Waals surface area contributed by atoms with Crippen LogP contribution in [-0.2, 0) is 9.53 Å². The average Bonchev–Trinajstić information content (AvgIpc) is 2.39. The Hall–Kier alpha value is -1.06. The van der Waals surface area contributed by atoms with E-state index in [0.29, 0.717) is 11.6 Å². The van der Waals surface area contributed by atoms with Gasteiger partial charge in [0.25, 0.3) is 0 Å². The lowest BCUT2D eigenvalue weighted by Crippen LogP contribution is -2.39. The van der Waals surface area contributed by atoms with Gasteiger partial charge in [-0.15, -0.1) is 0 Å². The second-order valence-corrected chi connectivity index (χ2v) is 4.97. The largest absolute Gasteiger partial charge is 0.465 e. The summed E-state index contributed by atoms with van der Waals surface area (Å²) in [5, 5.41) is 4.03. The van der Waals surface area contributed by atoms with Crippen LogP contribution in [0.4, 0.5) is 0 Å². The summed E-state index contributed by atoms with van der Waals surface area (Å²) < 4.78 is 5.09. The average molecular weight is 284 g/mol. The molecule has 3 nitrogen and oxygen atoms in total. The van der Waals surface area contributed by atoms with Crippen molar-refractivity contribution in [2.24, 2.45) is 0 Å². The highest BCUT2D eigenvalue weighted by molar-refractivity contribution is 6.30. The Balaban J connectivity index is 2.67. The monoisotopic (exact) mass is 283 g/mol. The fourth-order valence-corrected chi connectivity index (χ4v) is 2.08. The first-order valence-corrected chi connectivity index (χ1v) is 7.14. The van der Waals surface area contributed by atoms with Crippen molar-refractivity contribution >= 4 is 17.6 Å². The Bertz CT molecular complexity index is 392. The van der Waals surface area contributed by atoms with Crippen LogP contribution in [0.25, 0.3) is 0 Å². The Morgan fingerprint density at radius 2 is 1.95 bits per heavy atom. The van der Waals surface area contributed by atoms with Gasteiger partial charge in [0, 0.05) is 11.1 Å². The van der Waals surface area contributed by atoms with Gasteiger partial charge in [-0.25, -0.2) is 0 Å². The molecule has 0 spiro atoms. The molecule has 0 aliphatic heterocycles. The Labute approximate surface area is 120 Å². The smallest absolute Gasteiger partial charge is 0.323 e. The van der Waals surface area contributed by atoms with Crippen LogP contribution >= 0.6 is 11.6 Å². The first-order chi connectivity index (χ1) is 9.08. The molecule has 0 saturated carbocycles. The van der Waals surface area contributed by atoms with E-state index in [4.69, 9.17) is 16.3 Å². The summed E-state index contributed by atoms with van der Waals surface area (Å²) in [6.45, 7) is 6.32. The molecule has 4 heteroatoms. The molecule has 0 saturated heterocycles. The van der Waals surface area contributed by atoms with Crippen LogP contribution in [0.5, 0.6) is 0 Å². The number of hydrogen-bond acceptors (Lipinski definition) is 3. The third-order valence-electron chi connectivity index (χ3n) is 2.97. The van der Waals surface area contributed by atoms with Crippen molar-refractivity contribution in [3.05, 3.63) is 34.9 Å². The zero-order valence-electron chi connectivity index (χ0n) is 11.8. The van der Waals surface area contributed by atoms with E-state index in [1.807, 2.05) is 38.1 Å². The lowest BCUT2D eigenvalue weighted by atomic mass is 10.1. The molecule has 2 atom stereocenters. The van der Waals surface area contributed by atoms with Crippen molar-refractivity contribution in [2.75, 3.05) is 6.61 Å². The van der Waals surface area contributed by atoms with Crippen LogP contribution in [0.2, 0.25) is 5.02 Å². The van der Waals surface area contributed by atoms with Crippen molar-refractivity contribution in [2.45, 2.75) is 45.7 Å². The number of nitrogens with one attached hydrogen (secondary N) is 1. The van der Waals surface area contributed by atoms with Gasteiger partial charge in [0.05, 0.1) is 6.61 Å². The van der Waals surface area contributed by atoms with E-state index in [1.54, 1.807) is 0 Å². The summed E-state index contributed by atoms with van der Waals surface area (Å²) in [4.78, 5) is 11.8. The molecular weight excluding hydrogens is 262 g/mol. The first kappa shape index (κ1) is 16.0. The molecule has 0 bridgehead atoms. The van der Waals surface area contributed by atoms with Crippen LogP contribution in [0, 0.1) is 0 Å². The van der Waals surface area contributed by atoms with Gasteiger partial charge in [-0.05, 0) is 38.0 Å². The van der Waals surface area contributed by atoms with Crippen molar-refractivity contribution in [1.82, 2.24) is 5.32 Å². The molecule has 1 unspecified atom stereocenters. The zero-order valence-corrected chi connectivity index (χ0v) is 12.5. The van der Waals surface area contributed by atoms with Gasteiger partial charge in [0.15, 0.2) is 0 Å². The molecule has 1 rings (SSSR count). The number of rotatable bonds is 7. The number of esters is 1. The number of hydrogen-bond donors (Lipinski definition) is 1. The van der Waals surface area contributed by atoms with Gasteiger partial charge in [0.1, 0.15) is 6.04 Å². The molecule has 106 valence electrons. The SMILES string of the molecule is CCCC(N[C@H](C)c1ccc(Cl)cc1)C(=O)OCC. The zero-order chi connectivity index (χ0) is 14.3. The van der Waals surface area contributed by atoms with Gasteiger partial charge < -0.3 is 4.74 Å². The van der Waals surface area contributed by atoms with Crippen LogP contribution in [-0.4, -0.2) is 18.6 Å². The maximum atomic E-state index is 11.8. The molecule has 1 aromatic rings. The molecule has 1 N–H and O–H groups in total. The Morgan fingerprint density at radius 1 is 1.32 bits per heavy atom. The molecular formula is C15H22ClNO2.